The molecular formula is C17H34N4O2. The van der Waals surface area contributed by atoms with Crippen molar-refractivity contribution in [1.82, 2.24) is 20.0 Å². The molecule has 2 rings (SSSR count). The Hall–Kier alpha value is -0.850. The Morgan fingerprint density at radius 1 is 1.17 bits per heavy atom. The SMILES string of the molecule is CC(O)C1CCN(C(=O)NCCN2CCC(N(C)C)CC2)CC1. The topological polar surface area (TPSA) is 59.1 Å². The van der Waals surface area contributed by atoms with Gasteiger partial charge in [0, 0.05) is 32.2 Å². The Balaban J connectivity index is 1.59. The zero-order valence-corrected chi connectivity index (χ0v) is 15.0. The zero-order valence-electron chi connectivity index (χ0n) is 15.0. The van der Waals surface area contributed by atoms with Gasteiger partial charge in [-0.15, -0.1) is 0 Å². The normalized spacial score (nSPS) is 23.3. The summed E-state index contributed by atoms with van der Waals surface area (Å²) in [5.74, 6) is 0.344. The lowest BCUT2D eigenvalue weighted by Crippen LogP contribution is -2.48. The molecule has 0 radical (unpaired) electrons. The quantitative estimate of drug-likeness (QED) is 0.785. The highest BCUT2D eigenvalue weighted by atomic mass is 16.3. The van der Waals surface area contributed by atoms with E-state index < -0.39 is 0 Å². The first-order valence-corrected chi connectivity index (χ1v) is 9.07. The maximum absolute atomic E-state index is 12.2. The van der Waals surface area contributed by atoms with E-state index >= 15 is 0 Å². The van der Waals surface area contributed by atoms with Gasteiger partial charge in [-0.25, -0.2) is 4.79 Å². The molecule has 134 valence electrons. The van der Waals surface area contributed by atoms with Gasteiger partial charge in [0.05, 0.1) is 6.10 Å². The van der Waals surface area contributed by atoms with E-state index in [1.807, 2.05) is 11.8 Å². The van der Waals surface area contributed by atoms with Gasteiger partial charge in [-0.1, -0.05) is 0 Å². The van der Waals surface area contributed by atoms with Crippen molar-refractivity contribution in [2.45, 2.75) is 44.8 Å². The van der Waals surface area contributed by atoms with Gasteiger partial charge < -0.3 is 25.1 Å². The van der Waals surface area contributed by atoms with Crippen LogP contribution in [-0.2, 0) is 0 Å². The summed E-state index contributed by atoms with van der Waals surface area (Å²) in [6, 6.07) is 0.758. The van der Waals surface area contributed by atoms with E-state index in [0.717, 1.165) is 52.1 Å². The number of likely N-dealkylation sites (tertiary alicyclic amines) is 2. The van der Waals surface area contributed by atoms with Crippen LogP contribution in [0.2, 0.25) is 0 Å². The van der Waals surface area contributed by atoms with Crippen LogP contribution in [0.1, 0.15) is 32.6 Å². The number of carbonyl (C=O) groups excluding carboxylic acids is 1. The molecule has 2 N–H and O–H groups in total. The summed E-state index contributed by atoms with van der Waals surface area (Å²) in [4.78, 5) is 18.8. The maximum Gasteiger partial charge on any atom is 0.317 e. The van der Waals surface area contributed by atoms with Gasteiger partial charge in [0.15, 0.2) is 0 Å². The van der Waals surface area contributed by atoms with Gasteiger partial charge in [0.25, 0.3) is 0 Å². The molecule has 2 fully saturated rings. The van der Waals surface area contributed by atoms with E-state index in [1.54, 1.807) is 0 Å². The fraction of sp³-hybridized carbons (Fsp3) is 0.941. The van der Waals surface area contributed by atoms with E-state index in [2.05, 4.69) is 29.2 Å². The van der Waals surface area contributed by atoms with Crippen LogP contribution in [0.5, 0.6) is 0 Å². The number of aliphatic hydroxyl groups is 1. The molecule has 1 atom stereocenters. The predicted molar refractivity (Wildman–Crippen MR) is 92.5 cm³/mol. The minimum absolute atomic E-state index is 0.0530. The number of carbonyl (C=O) groups is 1. The summed E-state index contributed by atoms with van der Waals surface area (Å²) in [6.45, 7) is 7.28. The zero-order chi connectivity index (χ0) is 16.8. The number of amides is 2. The lowest BCUT2D eigenvalue weighted by Gasteiger charge is -2.35. The van der Waals surface area contributed by atoms with Crippen LogP contribution < -0.4 is 5.32 Å². The van der Waals surface area contributed by atoms with Crippen LogP contribution in [0.15, 0.2) is 0 Å². The van der Waals surface area contributed by atoms with Crippen LogP contribution in [0, 0.1) is 5.92 Å². The molecule has 2 amide bonds. The first-order chi connectivity index (χ1) is 11.0. The van der Waals surface area contributed by atoms with Gasteiger partial charge >= 0.3 is 6.03 Å². The van der Waals surface area contributed by atoms with Gasteiger partial charge in [0.2, 0.25) is 0 Å². The fourth-order valence-electron chi connectivity index (χ4n) is 3.68. The minimum Gasteiger partial charge on any atom is -0.393 e. The van der Waals surface area contributed by atoms with Gasteiger partial charge in [-0.2, -0.15) is 0 Å². The van der Waals surface area contributed by atoms with E-state index in [0.29, 0.717) is 12.0 Å². The van der Waals surface area contributed by atoms with Crippen molar-refractivity contribution in [1.29, 1.82) is 0 Å². The molecule has 0 spiro atoms. The molecule has 0 saturated carbocycles. The number of nitrogens with one attached hydrogen (secondary N) is 1. The molecule has 2 saturated heterocycles. The molecule has 1 unspecified atom stereocenters. The van der Waals surface area contributed by atoms with E-state index in [9.17, 15) is 9.90 Å². The second kappa shape index (κ2) is 8.85. The van der Waals surface area contributed by atoms with E-state index in [4.69, 9.17) is 0 Å². The van der Waals surface area contributed by atoms with Crippen molar-refractivity contribution in [3.8, 4) is 0 Å². The lowest BCUT2D eigenvalue weighted by atomic mass is 9.92. The van der Waals surface area contributed by atoms with Crippen LogP contribution >= 0.6 is 0 Å². The molecule has 23 heavy (non-hydrogen) atoms. The first kappa shape index (κ1) is 18.5. The average Bonchev–Trinajstić information content (AvgIpc) is 2.55. The van der Waals surface area contributed by atoms with Crippen molar-refractivity contribution in [2.24, 2.45) is 5.92 Å². The molecule has 6 heteroatoms. The van der Waals surface area contributed by atoms with Crippen molar-refractivity contribution < 1.29 is 9.90 Å². The van der Waals surface area contributed by atoms with Crippen LogP contribution in [0.25, 0.3) is 0 Å². The molecule has 0 aromatic heterocycles. The van der Waals surface area contributed by atoms with Crippen molar-refractivity contribution in [3.05, 3.63) is 0 Å². The summed E-state index contributed by atoms with van der Waals surface area (Å²) in [5.41, 5.74) is 0. The molecule has 0 aliphatic carbocycles. The van der Waals surface area contributed by atoms with Crippen molar-refractivity contribution >= 4 is 6.03 Å². The van der Waals surface area contributed by atoms with Crippen LogP contribution in [0.3, 0.4) is 0 Å². The van der Waals surface area contributed by atoms with E-state index in [-0.39, 0.29) is 12.1 Å². The Morgan fingerprint density at radius 3 is 2.30 bits per heavy atom. The lowest BCUT2D eigenvalue weighted by molar-refractivity contribution is 0.0795. The summed E-state index contributed by atoms with van der Waals surface area (Å²) >= 11 is 0. The summed E-state index contributed by atoms with van der Waals surface area (Å²) < 4.78 is 0. The number of piperidine rings is 2. The van der Waals surface area contributed by atoms with Gasteiger partial charge in [-0.3, -0.25) is 0 Å². The number of urea groups is 1. The predicted octanol–water partition coefficient (Wildman–Crippen LogP) is 0.815. The Bertz CT molecular complexity index is 360. The standard InChI is InChI=1S/C17H34N4O2/c1-14(22)15-4-11-21(12-5-15)17(23)18-8-13-20-9-6-16(7-10-20)19(2)3/h14-16,22H,4-13H2,1-3H3,(H,18,23). The monoisotopic (exact) mass is 326 g/mol. The fourth-order valence-corrected chi connectivity index (χ4v) is 3.68. The molecule has 0 aromatic carbocycles. The molecule has 2 aliphatic heterocycles. The highest BCUT2D eigenvalue weighted by molar-refractivity contribution is 5.74. The number of aliphatic hydroxyl groups excluding tert-OH is 1. The largest absolute Gasteiger partial charge is 0.393 e. The Kier molecular flexibility index (Phi) is 7.11. The highest BCUT2D eigenvalue weighted by Crippen LogP contribution is 2.20. The molecule has 0 aromatic rings. The van der Waals surface area contributed by atoms with Crippen molar-refractivity contribution in [2.75, 3.05) is 53.4 Å². The summed E-state index contributed by atoms with van der Waals surface area (Å²) in [6.07, 6.45) is 3.98. The van der Waals surface area contributed by atoms with Crippen LogP contribution in [-0.4, -0.2) is 91.3 Å². The number of hydrogen-bond donors (Lipinski definition) is 2. The van der Waals surface area contributed by atoms with Gasteiger partial charge in [-0.05, 0) is 65.7 Å². The molecular weight excluding hydrogens is 292 g/mol. The Labute approximate surface area is 140 Å². The third-order valence-electron chi connectivity index (χ3n) is 5.50. The van der Waals surface area contributed by atoms with Gasteiger partial charge in [0.1, 0.15) is 0 Å². The smallest absolute Gasteiger partial charge is 0.317 e. The third-order valence-corrected chi connectivity index (χ3v) is 5.50. The molecule has 2 aliphatic rings. The number of nitrogens with zero attached hydrogens (tertiary/aromatic N) is 3. The summed E-state index contributed by atoms with van der Waals surface area (Å²) in [7, 11) is 4.31. The first-order valence-electron chi connectivity index (χ1n) is 9.07. The molecule has 6 nitrogen and oxygen atoms in total. The second-order valence-electron chi connectivity index (χ2n) is 7.33. The highest BCUT2D eigenvalue weighted by Gasteiger charge is 2.25. The Morgan fingerprint density at radius 2 is 1.78 bits per heavy atom. The van der Waals surface area contributed by atoms with E-state index in [1.165, 1.54) is 12.8 Å². The third kappa shape index (κ3) is 5.62. The average molecular weight is 326 g/mol. The maximum atomic E-state index is 12.2. The second-order valence-corrected chi connectivity index (χ2v) is 7.33. The van der Waals surface area contributed by atoms with Crippen molar-refractivity contribution in [3.63, 3.8) is 0 Å². The molecule has 2 heterocycles. The minimum atomic E-state index is -0.259. The number of hydrogen-bond acceptors (Lipinski definition) is 4. The molecule has 0 bridgehead atoms. The summed E-state index contributed by atoms with van der Waals surface area (Å²) in [5, 5.41) is 12.7. The number of rotatable bonds is 5. The van der Waals surface area contributed by atoms with Crippen LogP contribution in [0.4, 0.5) is 4.79 Å².